The minimum atomic E-state index is -3.34. The third kappa shape index (κ3) is 3.19. The van der Waals surface area contributed by atoms with Gasteiger partial charge >= 0.3 is 5.97 Å². The van der Waals surface area contributed by atoms with Crippen molar-refractivity contribution < 1.29 is 23.4 Å². The molecule has 1 aliphatic heterocycles. The lowest BCUT2D eigenvalue weighted by Crippen LogP contribution is -2.33. The van der Waals surface area contributed by atoms with Gasteiger partial charge in [0.1, 0.15) is 0 Å². The van der Waals surface area contributed by atoms with Crippen LogP contribution in [0.2, 0.25) is 0 Å². The maximum Gasteiger partial charge on any atom is 0.307 e. The molecule has 1 aromatic rings. The molecule has 1 aromatic carbocycles. The summed E-state index contributed by atoms with van der Waals surface area (Å²) in [5.41, 5.74) is 1.84. The highest BCUT2D eigenvalue weighted by Crippen LogP contribution is 2.30. The van der Waals surface area contributed by atoms with E-state index in [0.29, 0.717) is 0 Å². The number of sulfone groups is 1. The van der Waals surface area contributed by atoms with Crippen molar-refractivity contribution in [2.45, 2.75) is 19.4 Å². The largest absolute Gasteiger partial charge is 0.481 e. The van der Waals surface area contributed by atoms with Crippen LogP contribution in [0.15, 0.2) is 24.3 Å². The zero-order valence-electron chi connectivity index (χ0n) is 11.2. The highest BCUT2D eigenvalue weighted by Gasteiger charge is 2.43. The van der Waals surface area contributed by atoms with Crippen LogP contribution < -0.4 is 0 Å². The molecule has 0 amide bonds. The van der Waals surface area contributed by atoms with Crippen molar-refractivity contribution in [3.8, 4) is 0 Å². The standard InChI is InChI=1S/C14H18O5S/c1-9-4-2-3-5-10(9)6-11(14(16)17)12-7-20(18,19)8-13(12)15/h2-5,11-13,15H,6-8H2,1H3,(H,16,17). The van der Waals surface area contributed by atoms with Gasteiger partial charge in [0.25, 0.3) is 0 Å². The Kier molecular flexibility index (Phi) is 4.15. The van der Waals surface area contributed by atoms with Gasteiger partial charge in [-0.3, -0.25) is 4.79 Å². The van der Waals surface area contributed by atoms with E-state index < -0.39 is 33.7 Å². The third-order valence-corrected chi connectivity index (χ3v) is 5.64. The number of benzene rings is 1. The Morgan fingerprint density at radius 2 is 2.00 bits per heavy atom. The summed E-state index contributed by atoms with van der Waals surface area (Å²) in [6.07, 6.45) is -0.857. The molecule has 0 bridgehead atoms. The van der Waals surface area contributed by atoms with E-state index in [1.54, 1.807) is 0 Å². The van der Waals surface area contributed by atoms with Crippen LogP contribution >= 0.6 is 0 Å². The molecule has 6 heteroatoms. The molecular formula is C14H18O5S. The Morgan fingerprint density at radius 1 is 1.35 bits per heavy atom. The summed E-state index contributed by atoms with van der Waals surface area (Å²) in [5.74, 6) is -3.28. The average molecular weight is 298 g/mol. The monoisotopic (exact) mass is 298 g/mol. The predicted molar refractivity (Wildman–Crippen MR) is 74.2 cm³/mol. The molecule has 1 aliphatic rings. The van der Waals surface area contributed by atoms with Crippen molar-refractivity contribution in [1.29, 1.82) is 0 Å². The van der Waals surface area contributed by atoms with E-state index in [-0.39, 0.29) is 17.9 Å². The second-order valence-corrected chi connectivity index (χ2v) is 7.54. The van der Waals surface area contributed by atoms with Crippen LogP contribution in [-0.2, 0) is 21.1 Å². The molecule has 0 aromatic heterocycles. The van der Waals surface area contributed by atoms with Crippen LogP contribution in [0, 0.1) is 18.8 Å². The normalized spacial score (nSPS) is 26.3. The van der Waals surface area contributed by atoms with Gasteiger partial charge in [0.2, 0.25) is 0 Å². The number of hydrogen-bond acceptors (Lipinski definition) is 4. The number of aryl methyl sites for hydroxylation is 1. The molecule has 0 saturated carbocycles. The molecule has 2 N–H and O–H groups in total. The van der Waals surface area contributed by atoms with Crippen molar-refractivity contribution in [3.05, 3.63) is 35.4 Å². The number of aliphatic hydroxyl groups is 1. The number of rotatable bonds is 4. The Bertz CT molecular complexity index is 608. The Morgan fingerprint density at radius 3 is 2.50 bits per heavy atom. The van der Waals surface area contributed by atoms with Gasteiger partial charge in [0.05, 0.1) is 23.5 Å². The van der Waals surface area contributed by atoms with E-state index in [2.05, 4.69) is 0 Å². The predicted octanol–water partition coefficient (Wildman–Crippen LogP) is 0.644. The average Bonchev–Trinajstić information content (AvgIpc) is 2.61. The maximum absolute atomic E-state index is 11.5. The molecule has 20 heavy (non-hydrogen) atoms. The molecule has 0 radical (unpaired) electrons. The van der Waals surface area contributed by atoms with Gasteiger partial charge in [-0.15, -0.1) is 0 Å². The number of carboxylic acids is 1. The smallest absolute Gasteiger partial charge is 0.307 e. The number of carbonyl (C=O) groups is 1. The number of aliphatic hydroxyl groups excluding tert-OH is 1. The summed E-state index contributed by atoms with van der Waals surface area (Å²) < 4.78 is 23.1. The summed E-state index contributed by atoms with van der Waals surface area (Å²) in [6, 6.07) is 7.41. The summed E-state index contributed by atoms with van der Waals surface area (Å²) in [5, 5.41) is 19.2. The summed E-state index contributed by atoms with van der Waals surface area (Å²) in [4.78, 5) is 11.5. The van der Waals surface area contributed by atoms with Crippen LogP contribution in [0.4, 0.5) is 0 Å². The molecule has 3 atom stereocenters. The molecular weight excluding hydrogens is 280 g/mol. The van der Waals surface area contributed by atoms with Crippen LogP contribution in [-0.4, -0.2) is 42.2 Å². The quantitative estimate of drug-likeness (QED) is 0.851. The van der Waals surface area contributed by atoms with Gasteiger partial charge in [0.15, 0.2) is 9.84 Å². The fourth-order valence-electron chi connectivity index (χ4n) is 2.74. The van der Waals surface area contributed by atoms with Crippen LogP contribution in [0.25, 0.3) is 0 Å². The van der Waals surface area contributed by atoms with Crippen molar-refractivity contribution in [3.63, 3.8) is 0 Å². The zero-order chi connectivity index (χ0) is 14.9. The number of carboxylic acid groups (broad SMARTS) is 1. The highest BCUT2D eigenvalue weighted by atomic mass is 32.2. The maximum atomic E-state index is 11.5. The van der Waals surface area contributed by atoms with Gasteiger partial charge in [-0.25, -0.2) is 8.42 Å². The van der Waals surface area contributed by atoms with Gasteiger partial charge in [-0.05, 0) is 24.5 Å². The first-order valence-corrected chi connectivity index (χ1v) is 8.28. The fraction of sp³-hybridized carbons (Fsp3) is 0.500. The van der Waals surface area contributed by atoms with E-state index in [1.807, 2.05) is 31.2 Å². The Balaban J connectivity index is 2.25. The first-order valence-electron chi connectivity index (χ1n) is 6.46. The SMILES string of the molecule is Cc1ccccc1CC(C(=O)O)C1CS(=O)(=O)CC1O. The van der Waals surface area contributed by atoms with E-state index >= 15 is 0 Å². The molecule has 1 fully saturated rings. The lowest BCUT2D eigenvalue weighted by Gasteiger charge is -2.22. The van der Waals surface area contributed by atoms with Crippen molar-refractivity contribution in [1.82, 2.24) is 0 Å². The first kappa shape index (κ1) is 15.0. The van der Waals surface area contributed by atoms with Crippen LogP contribution in [0.1, 0.15) is 11.1 Å². The van der Waals surface area contributed by atoms with Gasteiger partial charge in [0, 0.05) is 5.92 Å². The zero-order valence-corrected chi connectivity index (χ0v) is 12.0. The Labute approximate surface area is 118 Å². The molecule has 5 nitrogen and oxygen atoms in total. The topological polar surface area (TPSA) is 91.7 Å². The summed E-state index contributed by atoms with van der Waals surface area (Å²) >= 11 is 0. The number of aliphatic carboxylic acids is 1. The Hall–Kier alpha value is -1.40. The fourth-order valence-corrected chi connectivity index (χ4v) is 4.68. The summed E-state index contributed by atoms with van der Waals surface area (Å²) in [6.45, 7) is 1.88. The first-order chi connectivity index (χ1) is 9.30. The van der Waals surface area contributed by atoms with Crippen LogP contribution in [0.3, 0.4) is 0 Å². The van der Waals surface area contributed by atoms with E-state index in [1.165, 1.54) is 0 Å². The van der Waals surface area contributed by atoms with E-state index in [4.69, 9.17) is 0 Å². The van der Waals surface area contributed by atoms with Crippen molar-refractivity contribution >= 4 is 15.8 Å². The molecule has 0 spiro atoms. The minimum absolute atomic E-state index is 0.235. The molecule has 1 heterocycles. The van der Waals surface area contributed by atoms with Gasteiger partial charge in [-0.2, -0.15) is 0 Å². The van der Waals surface area contributed by atoms with E-state index in [0.717, 1.165) is 11.1 Å². The summed E-state index contributed by atoms with van der Waals surface area (Å²) in [7, 11) is -3.34. The molecule has 110 valence electrons. The van der Waals surface area contributed by atoms with Crippen molar-refractivity contribution in [2.24, 2.45) is 11.8 Å². The van der Waals surface area contributed by atoms with E-state index in [9.17, 15) is 23.4 Å². The molecule has 3 unspecified atom stereocenters. The highest BCUT2D eigenvalue weighted by molar-refractivity contribution is 7.91. The van der Waals surface area contributed by atoms with Crippen molar-refractivity contribution in [2.75, 3.05) is 11.5 Å². The second-order valence-electron chi connectivity index (χ2n) is 5.38. The molecule has 2 rings (SSSR count). The number of hydrogen-bond donors (Lipinski definition) is 2. The van der Waals surface area contributed by atoms with Gasteiger partial charge < -0.3 is 10.2 Å². The second kappa shape index (κ2) is 5.54. The van der Waals surface area contributed by atoms with Gasteiger partial charge in [-0.1, -0.05) is 24.3 Å². The third-order valence-electron chi connectivity index (χ3n) is 3.90. The lowest BCUT2D eigenvalue weighted by atomic mass is 9.84. The lowest BCUT2D eigenvalue weighted by molar-refractivity contribution is -0.144. The minimum Gasteiger partial charge on any atom is -0.481 e. The molecule has 0 aliphatic carbocycles. The molecule has 1 saturated heterocycles. The van der Waals surface area contributed by atoms with Crippen LogP contribution in [0.5, 0.6) is 0 Å².